The molecule has 0 spiro atoms. The molecule has 1 N–H and O–H groups in total. The van der Waals surface area contributed by atoms with E-state index in [0.29, 0.717) is 22.5 Å². The maximum Gasteiger partial charge on any atom is 0.509 e. The molecule has 2 aliphatic rings. The van der Waals surface area contributed by atoms with E-state index in [1.54, 1.807) is 19.1 Å². The van der Waals surface area contributed by atoms with Gasteiger partial charge in [0.2, 0.25) is 5.60 Å². The molecular formula is C25H24N2O7. The van der Waals surface area contributed by atoms with Crippen LogP contribution in [-0.2, 0) is 31.2 Å². The van der Waals surface area contributed by atoms with E-state index in [4.69, 9.17) is 14.2 Å². The highest BCUT2D eigenvalue weighted by molar-refractivity contribution is 5.88. The summed E-state index contributed by atoms with van der Waals surface area (Å²) in [5.74, 6) is -0.707. The van der Waals surface area contributed by atoms with Crippen molar-refractivity contribution in [2.45, 2.75) is 45.6 Å². The largest absolute Gasteiger partial charge is 0.509 e. The second-order valence-electron chi connectivity index (χ2n) is 8.90. The predicted octanol–water partition coefficient (Wildman–Crippen LogP) is 3.39. The fourth-order valence-corrected chi connectivity index (χ4v) is 4.54. The van der Waals surface area contributed by atoms with Crippen LogP contribution in [0.3, 0.4) is 0 Å². The van der Waals surface area contributed by atoms with E-state index >= 15 is 0 Å². The van der Waals surface area contributed by atoms with E-state index in [0.717, 1.165) is 5.39 Å². The van der Waals surface area contributed by atoms with Crippen LogP contribution in [0.2, 0.25) is 0 Å². The van der Waals surface area contributed by atoms with Gasteiger partial charge in [-0.15, -0.1) is 0 Å². The average molecular weight is 464 g/mol. The Labute approximate surface area is 194 Å². The highest BCUT2D eigenvalue weighted by Gasteiger charge is 2.51. The van der Waals surface area contributed by atoms with Gasteiger partial charge in [0.1, 0.15) is 6.61 Å². The maximum absolute atomic E-state index is 13.5. The number of cyclic esters (lactones) is 1. The molecule has 0 saturated heterocycles. The molecule has 9 heteroatoms. The van der Waals surface area contributed by atoms with Crippen LogP contribution in [0.5, 0.6) is 0 Å². The number of pyridine rings is 2. The smallest absolute Gasteiger partial charge is 0.457 e. The van der Waals surface area contributed by atoms with Gasteiger partial charge in [0.05, 0.1) is 29.1 Å². The molecule has 0 bridgehead atoms. The van der Waals surface area contributed by atoms with Gasteiger partial charge in [0.15, 0.2) is 6.23 Å². The molecule has 5 rings (SSSR count). The number of rotatable bonds is 4. The summed E-state index contributed by atoms with van der Waals surface area (Å²) < 4.78 is 17.2. The lowest BCUT2D eigenvalue weighted by Crippen LogP contribution is -2.47. The molecule has 9 nitrogen and oxygen atoms in total. The van der Waals surface area contributed by atoms with Crippen LogP contribution < -0.4 is 5.56 Å². The summed E-state index contributed by atoms with van der Waals surface area (Å²) >= 11 is 0. The van der Waals surface area contributed by atoms with Crippen LogP contribution in [0, 0.1) is 5.92 Å². The maximum atomic E-state index is 13.5. The quantitative estimate of drug-likeness (QED) is 0.584. The lowest BCUT2D eigenvalue weighted by molar-refractivity contribution is -0.175. The third kappa shape index (κ3) is 3.19. The minimum absolute atomic E-state index is 0.0269. The second kappa shape index (κ2) is 7.95. The molecule has 4 heterocycles. The van der Waals surface area contributed by atoms with E-state index in [9.17, 15) is 19.5 Å². The first kappa shape index (κ1) is 22.1. The zero-order valence-corrected chi connectivity index (χ0v) is 19.0. The predicted molar refractivity (Wildman–Crippen MR) is 121 cm³/mol. The SMILES string of the molecule is CC[C@@]1(OC(=O)OCC(C)C)C(=O)OCc2c1cc1n(c2=O)C(O)c2cc3ccccc3nc2-1. The third-order valence-electron chi connectivity index (χ3n) is 6.26. The van der Waals surface area contributed by atoms with Gasteiger partial charge in [-0.3, -0.25) is 9.36 Å². The Morgan fingerprint density at radius 3 is 2.79 bits per heavy atom. The van der Waals surface area contributed by atoms with Gasteiger partial charge >= 0.3 is 12.1 Å². The van der Waals surface area contributed by atoms with Crippen molar-refractivity contribution < 1.29 is 28.9 Å². The summed E-state index contributed by atoms with van der Waals surface area (Å²) in [6, 6.07) is 10.8. The molecule has 0 amide bonds. The molecule has 2 atom stereocenters. The number of benzene rings is 1. The number of hydrogen-bond acceptors (Lipinski definition) is 8. The summed E-state index contributed by atoms with van der Waals surface area (Å²) in [6.45, 7) is 5.22. The Morgan fingerprint density at radius 1 is 1.29 bits per heavy atom. The molecule has 34 heavy (non-hydrogen) atoms. The normalized spacial score (nSPS) is 20.5. The zero-order chi connectivity index (χ0) is 24.2. The summed E-state index contributed by atoms with van der Waals surface area (Å²) in [5.41, 5.74) is -0.0857. The molecule has 1 aromatic carbocycles. The number of nitrogens with zero attached hydrogens (tertiary/aromatic N) is 2. The van der Waals surface area contributed by atoms with E-state index < -0.39 is 29.5 Å². The number of aromatic nitrogens is 2. The Bertz CT molecular complexity index is 1390. The van der Waals surface area contributed by atoms with E-state index in [1.165, 1.54) is 4.57 Å². The monoisotopic (exact) mass is 464 g/mol. The van der Waals surface area contributed by atoms with E-state index in [1.807, 2.05) is 38.1 Å². The fourth-order valence-electron chi connectivity index (χ4n) is 4.54. The molecule has 0 radical (unpaired) electrons. The Hall–Kier alpha value is -3.72. The zero-order valence-electron chi connectivity index (χ0n) is 19.0. The summed E-state index contributed by atoms with van der Waals surface area (Å²) in [4.78, 5) is 43.6. The lowest BCUT2D eigenvalue weighted by atomic mass is 9.85. The van der Waals surface area contributed by atoms with Gasteiger partial charge in [-0.05, 0) is 30.5 Å². The topological polar surface area (TPSA) is 117 Å². The van der Waals surface area contributed by atoms with Crippen molar-refractivity contribution >= 4 is 23.0 Å². The minimum atomic E-state index is -1.85. The molecular weight excluding hydrogens is 440 g/mol. The molecule has 0 saturated carbocycles. The molecule has 176 valence electrons. The number of ether oxygens (including phenoxy) is 3. The van der Waals surface area contributed by atoms with Gasteiger partial charge in [-0.2, -0.15) is 0 Å². The summed E-state index contributed by atoms with van der Waals surface area (Å²) in [5, 5.41) is 11.8. The number of aliphatic hydroxyl groups is 1. The molecule has 1 unspecified atom stereocenters. The molecule has 0 aliphatic carbocycles. The molecule has 2 aliphatic heterocycles. The van der Waals surface area contributed by atoms with Crippen molar-refractivity contribution in [2.75, 3.05) is 6.61 Å². The van der Waals surface area contributed by atoms with Crippen LogP contribution >= 0.6 is 0 Å². The first-order chi connectivity index (χ1) is 16.3. The van der Waals surface area contributed by atoms with Crippen LogP contribution in [-0.4, -0.2) is 33.4 Å². The van der Waals surface area contributed by atoms with Gasteiger partial charge in [0.25, 0.3) is 5.56 Å². The first-order valence-electron chi connectivity index (χ1n) is 11.2. The number of hydrogen-bond donors (Lipinski definition) is 1. The van der Waals surface area contributed by atoms with Crippen molar-refractivity contribution in [3.8, 4) is 11.4 Å². The average Bonchev–Trinajstić information content (AvgIpc) is 3.09. The van der Waals surface area contributed by atoms with Crippen LogP contribution in [0.1, 0.15) is 50.1 Å². The van der Waals surface area contributed by atoms with Crippen molar-refractivity contribution in [1.29, 1.82) is 0 Å². The number of esters is 1. The van der Waals surface area contributed by atoms with Crippen molar-refractivity contribution in [2.24, 2.45) is 5.92 Å². The van der Waals surface area contributed by atoms with Gasteiger partial charge in [0, 0.05) is 16.5 Å². The first-order valence-corrected chi connectivity index (χ1v) is 11.2. The fraction of sp³-hybridized carbons (Fsp3) is 0.360. The van der Waals surface area contributed by atoms with Crippen LogP contribution in [0.25, 0.3) is 22.3 Å². The highest BCUT2D eigenvalue weighted by Crippen LogP contribution is 2.43. The number of fused-ring (bicyclic) bond motifs is 5. The molecule has 3 aromatic rings. The Morgan fingerprint density at radius 2 is 2.06 bits per heavy atom. The lowest BCUT2D eigenvalue weighted by Gasteiger charge is -2.35. The summed E-state index contributed by atoms with van der Waals surface area (Å²) in [7, 11) is 0. The van der Waals surface area contributed by atoms with Crippen molar-refractivity contribution in [1.82, 2.24) is 9.55 Å². The minimum Gasteiger partial charge on any atom is -0.457 e. The number of para-hydroxylation sites is 1. The Balaban J connectivity index is 1.69. The van der Waals surface area contributed by atoms with Crippen molar-refractivity contribution in [3.63, 3.8) is 0 Å². The summed E-state index contributed by atoms with van der Waals surface area (Å²) in [6.07, 6.45) is -2.24. The number of carbonyl (C=O) groups excluding carboxylic acids is 2. The number of carbonyl (C=O) groups is 2. The van der Waals surface area contributed by atoms with Gasteiger partial charge in [-0.1, -0.05) is 39.0 Å². The van der Waals surface area contributed by atoms with Crippen LogP contribution in [0.15, 0.2) is 41.2 Å². The van der Waals surface area contributed by atoms with Gasteiger partial charge in [-0.25, -0.2) is 14.6 Å². The van der Waals surface area contributed by atoms with Crippen molar-refractivity contribution in [3.05, 3.63) is 63.4 Å². The molecule has 0 fully saturated rings. The molecule has 2 aromatic heterocycles. The second-order valence-corrected chi connectivity index (χ2v) is 8.90. The standard InChI is InChI=1S/C25H24N2O7/c1-4-25(34-24(31)33-11-13(2)3)17-10-19-20-15(9-14-7-5-6-8-18(14)26-20)21(28)27(19)22(29)16(17)12-32-23(25)30/h5-10,13,21,28H,4,11-12H2,1-3H3/t21?,25-/m0/s1. The van der Waals surface area contributed by atoms with Gasteiger partial charge < -0.3 is 19.3 Å². The Kier molecular flexibility index (Phi) is 5.16. The third-order valence-corrected chi connectivity index (χ3v) is 6.26. The highest BCUT2D eigenvalue weighted by atomic mass is 16.7. The number of aliphatic hydroxyl groups excluding tert-OH is 1. The van der Waals surface area contributed by atoms with Crippen LogP contribution in [0.4, 0.5) is 4.79 Å². The van der Waals surface area contributed by atoms with E-state index in [2.05, 4.69) is 4.98 Å². The van der Waals surface area contributed by atoms with E-state index in [-0.39, 0.29) is 36.7 Å².